The number of halogens is 1. The molecule has 1 N–H and O–H groups in total. The molecule has 9 heteroatoms. The highest BCUT2D eigenvalue weighted by Crippen LogP contribution is 2.35. The molecule has 7 nitrogen and oxygen atoms in total. The van der Waals surface area contributed by atoms with Gasteiger partial charge in [0.2, 0.25) is 0 Å². The van der Waals surface area contributed by atoms with Gasteiger partial charge in [0.1, 0.15) is 12.4 Å². The lowest BCUT2D eigenvalue weighted by atomic mass is 10.2. The zero-order valence-corrected chi connectivity index (χ0v) is 17.0. The van der Waals surface area contributed by atoms with E-state index in [0.29, 0.717) is 40.9 Å². The van der Waals surface area contributed by atoms with Gasteiger partial charge in [0.15, 0.2) is 11.6 Å². The maximum atomic E-state index is 13.2. The summed E-state index contributed by atoms with van der Waals surface area (Å²) in [6.45, 7) is 1.22. The summed E-state index contributed by atoms with van der Waals surface area (Å²) in [5, 5.41) is 2.79. The second-order valence-electron chi connectivity index (χ2n) is 6.64. The summed E-state index contributed by atoms with van der Waals surface area (Å²) < 4.78 is 30.3. The first-order valence-corrected chi connectivity index (χ1v) is 10.8. The maximum absolute atomic E-state index is 13.2. The van der Waals surface area contributed by atoms with Crippen LogP contribution in [-0.4, -0.2) is 39.5 Å². The Hall–Kier alpha value is -3.33. The lowest BCUT2D eigenvalue weighted by molar-refractivity contribution is 0.0949. The van der Waals surface area contributed by atoms with Gasteiger partial charge in [-0.1, -0.05) is 0 Å². The Morgan fingerprint density at radius 3 is 2.70 bits per heavy atom. The van der Waals surface area contributed by atoms with Crippen LogP contribution in [0, 0.1) is 5.82 Å². The summed E-state index contributed by atoms with van der Waals surface area (Å²) in [6, 6.07) is 11.2. The molecule has 0 fully saturated rings. The van der Waals surface area contributed by atoms with Crippen molar-refractivity contribution >= 4 is 28.2 Å². The number of rotatable bonds is 5. The van der Waals surface area contributed by atoms with Crippen molar-refractivity contribution in [3.8, 4) is 5.75 Å². The molecule has 0 bridgehead atoms. The topological polar surface area (TPSA) is 84.4 Å². The number of anilines is 2. The van der Waals surface area contributed by atoms with Gasteiger partial charge in [-0.2, -0.15) is 0 Å². The number of carbonyl (C=O) groups excluding carboxylic acids is 1. The lowest BCUT2D eigenvalue weighted by Crippen LogP contribution is -2.30. The van der Waals surface area contributed by atoms with Crippen LogP contribution in [0.5, 0.6) is 5.75 Å². The van der Waals surface area contributed by atoms with Crippen LogP contribution in [0.3, 0.4) is 0 Å². The van der Waals surface area contributed by atoms with Crippen molar-refractivity contribution in [1.82, 2.24) is 15.3 Å². The van der Waals surface area contributed by atoms with Crippen LogP contribution in [0.15, 0.2) is 59.8 Å². The largest absolute Gasteiger partial charge is 0.488 e. The molecule has 1 atom stereocenters. The molecule has 0 radical (unpaired) electrons. The highest BCUT2D eigenvalue weighted by atomic mass is 32.2. The second kappa shape index (κ2) is 8.58. The molecular formula is C21H19FN4O3S. The van der Waals surface area contributed by atoms with E-state index in [0.717, 1.165) is 5.69 Å². The smallest absolute Gasteiger partial charge is 0.253 e. The summed E-state index contributed by atoms with van der Waals surface area (Å²) in [4.78, 5) is 23.7. The van der Waals surface area contributed by atoms with Gasteiger partial charge in [-0.3, -0.25) is 14.0 Å². The van der Waals surface area contributed by atoms with Crippen molar-refractivity contribution < 1.29 is 18.1 Å². The van der Waals surface area contributed by atoms with E-state index in [2.05, 4.69) is 15.3 Å². The molecule has 3 aromatic rings. The van der Waals surface area contributed by atoms with Crippen molar-refractivity contribution in [3.63, 3.8) is 0 Å². The Morgan fingerprint density at radius 1 is 1.20 bits per heavy atom. The fourth-order valence-corrected chi connectivity index (χ4v) is 3.51. The van der Waals surface area contributed by atoms with Crippen molar-refractivity contribution in [2.24, 2.45) is 0 Å². The number of hydrogen-bond donors (Lipinski definition) is 1. The van der Waals surface area contributed by atoms with Gasteiger partial charge in [-0.15, -0.1) is 0 Å². The summed E-state index contributed by atoms with van der Waals surface area (Å²) >= 11 is 0. The van der Waals surface area contributed by atoms with E-state index in [4.69, 9.17) is 4.74 Å². The second-order valence-corrected chi connectivity index (χ2v) is 8.02. The first-order valence-electron chi connectivity index (χ1n) is 9.24. The van der Waals surface area contributed by atoms with Crippen LogP contribution in [0.4, 0.5) is 15.9 Å². The molecule has 1 unspecified atom stereocenters. The third-order valence-electron chi connectivity index (χ3n) is 4.62. The van der Waals surface area contributed by atoms with Crippen LogP contribution in [-0.2, 0) is 17.3 Å². The number of aromatic nitrogens is 2. The monoisotopic (exact) mass is 426 g/mol. The Balaban J connectivity index is 1.47. The number of ether oxygens (including phenoxy) is 1. The Bertz CT molecular complexity index is 1090. The molecule has 1 aliphatic heterocycles. The van der Waals surface area contributed by atoms with Gasteiger partial charge in [0.05, 0.1) is 40.0 Å². The Morgan fingerprint density at radius 2 is 2.00 bits per heavy atom. The van der Waals surface area contributed by atoms with E-state index in [1.165, 1.54) is 24.5 Å². The van der Waals surface area contributed by atoms with E-state index in [-0.39, 0.29) is 18.3 Å². The van der Waals surface area contributed by atoms with Crippen LogP contribution < -0.4 is 15.0 Å². The molecule has 154 valence electrons. The third kappa shape index (κ3) is 4.30. The van der Waals surface area contributed by atoms with Crippen molar-refractivity contribution in [3.05, 3.63) is 71.9 Å². The third-order valence-corrected chi connectivity index (χ3v) is 5.53. The SMILES string of the molecule is CS(=O)c1ccc(CNC(=O)c2cnc3c(c2)OCCN3c2ccc(F)cc2)nc1. The molecule has 0 saturated heterocycles. The molecule has 1 aromatic carbocycles. The molecule has 1 amide bonds. The van der Waals surface area contributed by atoms with E-state index in [1.807, 2.05) is 4.90 Å². The quantitative estimate of drug-likeness (QED) is 0.676. The van der Waals surface area contributed by atoms with Gasteiger partial charge in [0.25, 0.3) is 5.91 Å². The number of hydrogen-bond acceptors (Lipinski definition) is 6. The first-order chi connectivity index (χ1) is 14.5. The normalized spacial score (nSPS) is 13.9. The molecule has 0 spiro atoms. The molecule has 2 aromatic heterocycles. The molecule has 0 aliphatic carbocycles. The minimum Gasteiger partial charge on any atom is -0.488 e. The average molecular weight is 426 g/mol. The minimum absolute atomic E-state index is 0.231. The Labute approximate surface area is 175 Å². The van der Waals surface area contributed by atoms with Crippen molar-refractivity contribution in [2.45, 2.75) is 11.4 Å². The van der Waals surface area contributed by atoms with Gasteiger partial charge in [0, 0.05) is 24.3 Å². The fourth-order valence-electron chi connectivity index (χ4n) is 3.05. The number of nitrogens with zero attached hydrogens (tertiary/aromatic N) is 3. The summed E-state index contributed by atoms with van der Waals surface area (Å²) in [5.74, 6) is 0.456. The minimum atomic E-state index is -1.09. The van der Waals surface area contributed by atoms with Gasteiger partial charge >= 0.3 is 0 Å². The van der Waals surface area contributed by atoms with Gasteiger partial charge in [-0.25, -0.2) is 9.37 Å². The van der Waals surface area contributed by atoms with Crippen LogP contribution in [0.25, 0.3) is 0 Å². The van der Waals surface area contributed by atoms with Crippen LogP contribution >= 0.6 is 0 Å². The zero-order valence-electron chi connectivity index (χ0n) is 16.2. The molecule has 3 heterocycles. The molecule has 4 rings (SSSR count). The molecule has 1 aliphatic rings. The first kappa shape index (κ1) is 20.0. The van der Waals surface area contributed by atoms with Gasteiger partial charge in [-0.05, 0) is 42.5 Å². The zero-order chi connectivity index (χ0) is 21.1. The Kier molecular flexibility index (Phi) is 5.71. The van der Waals surface area contributed by atoms with Crippen LogP contribution in [0.1, 0.15) is 16.1 Å². The van der Waals surface area contributed by atoms with E-state index in [9.17, 15) is 13.4 Å². The maximum Gasteiger partial charge on any atom is 0.253 e. The lowest BCUT2D eigenvalue weighted by Gasteiger charge is -2.30. The van der Waals surface area contributed by atoms with E-state index in [1.54, 1.807) is 36.6 Å². The highest BCUT2D eigenvalue weighted by Gasteiger charge is 2.22. The summed E-state index contributed by atoms with van der Waals surface area (Å²) in [7, 11) is -1.09. The number of benzene rings is 1. The van der Waals surface area contributed by atoms with E-state index >= 15 is 0 Å². The number of fused-ring (bicyclic) bond motifs is 1. The molecule has 0 saturated carbocycles. The summed E-state index contributed by atoms with van der Waals surface area (Å²) in [5.41, 5.74) is 1.82. The van der Waals surface area contributed by atoms with Crippen LogP contribution in [0.2, 0.25) is 0 Å². The summed E-state index contributed by atoms with van der Waals surface area (Å²) in [6.07, 6.45) is 4.60. The molecular weight excluding hydrogens is 407 g/mol. The van der Waals surface area contributed by atoms with E-state index < -0.39 is 10.8 Å². The number of nitrogens with one attached hydrogen (secondary N) is 1. The standard InChI is InChI=1S/C21H19FN4O3S/c1-30(28)18-7-4-16(23-13-18)12-25-21(27)14-10-19-20(24-11-14)26(8-9-29-19)17-5-2-15(22)3-6-17/h2-7,10-11,13H,8-9,12H2,1H3,(H,25,27). The van der Waals surface area contributed by atoms with Gasteiger partial charge < -0.3 is 15.0 Å². The average Bonchev–Trinajstić information content (AvgIpc) is 2.77. The number of pyridine rings is 2. The van der Waals surface area contributed by atoms with Crippen molar-refractivity contribution in [2.75, 3.05) is 24.3 Å². The number of amides is 1. The highest BCUT2D eigenvalue weighted by molar-refractivity contribution is 7.84. The predicted octanol–water partition coefficient (Wildman–Crippen LogP) is 2.81. The predicted molar refractivity (Wildman–Crippen MR) is 111 cm³/mol. The molecule has 30 heavy (non-hydrogen) atoms. The number of carbonyl (C=O) groups is 1. The van der Waals surface area contributed by atoms with Crippen molar-refractivity contribution in [1.29, 1.82) is 0 Å². The fraction of sp³-hybridized carbons (Fsp3) is 0.190.